The summed E-state index contributed by atoms with van der Waals surface area (Å²) in [5, 5.41) is 8.17. The number of nitrogens with zero attached hydrogens (tertiary/aromatic N) is 3. The average Bonchev–Trinajstić information content (AvgIpc) is 2.74. The fraction of sp³-hybridized carbons (Fsp3) is 0.800. The van der Waals surface area contributed by atoms with Gasteiger partial charge < -0.3 is 4.57 Å². The van der Waals surface area contributed by atoms with Gasteiger partial charge in [0, 0.05) is 12.0 Å². The van der Waals surface area contributed by atoms with Crippen molar-refractivity contribution in [2.45, 2.75) is 51.5 Å². The number of hydrogen-bond acceptors (Lipinski definition) is 2. The molecule has 0 unspecified atom stereocenters. The van der Waals surface area contributed by atoms with Gasteiger partial charge in [-0.1, -0.05) is 26.7 Å². The van der Waals surface area contributed by atoms with E-state index in [1.54, 1.807) is 0 Å². The Hall–Kier alpha value is -0.860. The van der Waals surface area contributed by atoms with E-state index in [2.05, 4.69) is 28.6 Å². The number of hydrogen-bond donors (Lipinski definition) is 0. The largest absolute Gasteiger partial charge is 0.314 e. The summed E-state index contributed by atoms with van der Waals surface area (Å²) in [6, 6.07) is 0.674. The molecule has 1 heterocycles. The zero-order chi connectivity index (χ0) is 9.26. The van der Waals surface area contributed by atoms with Crippen LogP contribution in [0.1, 0.15) is 57.3 Å². The highest BCUT2D eigenvalue weighted by Gasteiger charge is 2.20. The van der Waals surface area contributed by atoms with Gasteiger partial charge in [-0.3, -0.25) is 0 Å². The molecule has 0 aliphatic heterocycles. The Morgan fingerprint density at radius 2 is 2.08 bits per heavy atom. The van der Waals surface area contributed by atoms with Gasteiger partial charge in [0.1, 0.15) is 12.2 Å². The highest BCUT2D eigenvalue weighted by Crippen LogP contribution is 2.31. The minimum absolute atomic E-state index is 0.489. The Balaban J connectivity index is 2.23. The third-order valence-corrected chi connectivity index (χ3v) is 2.84. The van der Waals surface area contributed by atoms with Crippen LogP contribution in [-0.2, 0) is 0 Å². The van der Waals surface area contributed by atoms with Crippen molar-refractivity contribution in [2.75, 3.05) is 0 Å². The summed E-state index contributed by atoms with van der Waals surface area (Å²) < 4.78 is 2.28. The van der Waals surface area contributed by atoms with E-state index in [4.69, 9.17) is 0 Å². The lowest BCUT2D eigenvalue weighted by Crippen LogP contribution is -2.09. The third kappa shape index (κ3) is 1.60. The van der Waals surface area contributed by atoms with Crippen molar-refractivity contribution in [3.05, 3.63) is 12.2 Å². The van der Waals surface area contributed by atoms with Crippen LogP contribution < -0.4 is 0 Å². The summed E-state index contributed by atoms with van der Waals surface area (Å²) in [6.45, 7) is 4.35. The lowest BCUT2D eigenvalue weighted by Gasteiger charge is -2.14. The minimum atomic E-state index is 0.489. The van der Waals surface area contributed by atoms with Crippen molar-refractivity contribution >= 4 is 0 Å². The average molecular weight is 179 g/mol. The van der Waals surface area contributed by atoms with E-state index in [9.17, 15) is 0 Å². The highest BCUT2D eigenvalue weighted by molar-refractivity contribution is 4.96. The molecule has 0 radical (unpaired) electrons. The van der Waals surface area contributed by atoms with Crippen molar-refractivity contribution < 1.29 is 0 Å². The second-order valence-electron chi connectivity index (χ2n) is 4.19. The summed E-state index contributed by atoms with van der Waals surface area (Å²) in [6.07, 6.45) is 7.22. The Morgan fingerprint density at radius 1 is 1.38 bits per heavy atom. The van der Waals surface area contributed by atoms with Crippen LogP contribution in [0.15, 0.2) is 6.33 Å². The summed E-state index contributed by atoms with van der Waals surface area (Å²) in [4.78, 5) is 0. The van der Waals surface area contributed by atoms with Gasteiger partial charge >= 0.3 is 0 Å². The molecule has 1 aliphatic rings. The fourth-order valence-corrected chi connectivity index (χ4v) is 2.13. The molecule has 0 N–H and O–H groups in total. The number of rotatable bonds is 2. The summed E-state index contributed by atoms with van der Waals surface area (Å²) in [7, 11) is 0. The second-order valence-corrected chi connectivity index (χ2v) is 4.19. The maximum absolute atomic E-state index is 4.17. The van der Waals surface area contributed by atoms with E-state index in [1.165, 1.54) is 25.7 Å². The van der Waals surface area contributed by atoms with Gasteiger partial charge in [0.05, 0.1) is 0 Å². The first-order chi connectivity index (χ1) is 6.29. The molecule has 0 amide bonds. The van der Waals surface area contributed by atoms with Crippen molar-refractivity contribution in [3.8, 4) is 0 Å². The van der Waals surface area contributed by atoms with Crippen LogP contribution in [0, 0.1) is 0 Å². The van der Waals surface area contributed by atoms with Crippen LogP contribution in [0.3, 0.4) is 0 Å². The lowest BCUT2D eigenvalue weighted by atomic mass is 10.2. The van der Waals surface area contributed by atoms with E-state index in [1.807, 2.05) is 6.33 Å². The SMILES string of the molecule is CC(C)c1nncn1C1CCCC1. The quantitative estimate of drug-likeness (QED) is 0.698. The van der Waals surface area contributed by atoms with Gasteiger partial charge in [-0.15, -0.1) is 10.2 Å². The topological polar surface area (TPSA) is 30.7 Å². The third-order valence-electron chi connectivity index (χ3n) is 2.84. The predicted octanol–water partition coefficient (Wildman–Crippen LogP) is 2.52. The van der Waals surface area contributed by atoms with E-state index in [-0.39, 0.29) is 0 Å². The summed E-state index contributed by atoms with van der Waals surface area (Å²) in [5.74, 6) is 1.63. The van der Waals surface area contributed by atoms with Crippen molar-refractivity contribution in [3.63, 3.8) is 0 Å². The van der Waals surface area contributed by atoms with E-state index < -0.39 is 0 Å². The summed E-state index contributed by atoms with van der Waals surface area (Å²) >= 11 is 0. The molecule has 1 aliphatic carbocycles. The molecule has 1 saturated carbocycles. The van der Waals surface area contributed by atoms with Gasteiger partial charge in [-0.05, 0) is 12.8 Å². The number of aromatic nitrogens is 3. The van der Waals surface area contributed by atoms with E-state index in [0.29, 0.717) is 12.0 Å². The zero-order valence-corrected chi connectivity index (χ0v) is 8.40. The van der Waals surface area contributed by atoms with Crippen LogP contribution in [0.2, 0.25) is 0 Å². The molecule has 0 saturated heterocycles. The molecule has 0 spiro atoms. The van der Waals surface area contributed by atoms with Gasteiger partial charge in [-0.2, -0.15) is 0 Å². The lowest BCUT2D eigenvalue weighted by molar-refractivity contribution is 0.486. The van der Waals surface area contributed by atoms with Gasteiger partial charge in [0.25, 0.3) is 0 Å². The zero-order valence-electron chi connectivity index (χ0n) is 8.40. The molecule has 72 valence electrons. The molecule has 1 aromatic heterocycles. The molecule has 13 heavy (non-hydrogen) atoms. The van der Waals surface area contributed by atoms with Crippen molar-refractivity contribution in [1.29, 1.82) is 0 Å². The van der Waals surface area contributed by atoms with Crippen LogP contribution in [0.5, 0.6) is 0 Å². The standard InChI is InChI=1S/C10H17N3/c1-8(2)10-12-11-7-13(10)9-5-3-4-6-9/h7-9H,3-6H2,1-2H3. The molecule has 0 atom stereocenters. The van der Waals surface area contributed by atoms with Crippen LogP contribution in [0.4, 0.5) is 0 Å². The van der Waals surface area contributed by atoms with Crippen molar-refractivity contribution in [1.82, 2.24) is 14.8 Å². The molecule has 0 bridgehead atoms. The first-order valence-corrected chi connectivity index (χ1v) is 5.18. The van der Waals surface area contributed by atoms with E-state index >= 15 is 0 Å². The predicted molar refractivity (Wildman–Crippen MR) is 51.6 cm³/mol. The van der Waals surface area contributed by atoms with Gasteiger partial charge in [-0.25, -0.2) is 0 Å². The first kappa shape index (κ1) is 8.73. The Bertz CT molecular complexity index is 271. The first-order valence-electron chi connectivity index (χ1n) is 5.18. The molecular weight excluding hydrogens is 162 g/mol. The Labute approximate surface area is 79.2 Å². The maximum atomic E-state index is 4.17. The fourth-order valence-electron chi connectivity index (χ4n) is 2.13. The van der Waals surface area contributed by atoms with Crippen molar-refractivity contribution in [2.24, 2.45) is 0 Å². The Morgan fingerprint density at radius 3 is 2.69 bits per heavy atom. The molecule has 2 rings (SSSR count). The highest BCUT2D eigenvalue weighted by atomic mass is 15.3. The monoisotopic (exact) mass is 179 g/mol. The second kappa shape index (κ2) is 3.48. The maximum Gasteiger partial charge on any atom is 0.135 e. The molecular formula is C10H17N3. The van der Waals surface area contributed by atoms with Crippen LogP contribution >= 0.6 is 0 Å². The van der Waals surface area contributed by atoms with Crippen LogP contribution in [0.25, 0.3) is 0 Å². The van der Waals surface area contributed by atoms with E-state index in [0.717, 1.165) is 5.82 Å². The molecule has 3 nitrogen and oxygen atoms in total. The Kier molecular flexibility index (Phi) is 2.34. The molecule has 1 aromatic rings. The smallest absolute Gasteiger partial charge is 0.135 e. The van der Waals surface area contributed by atoms with Gasteiger partial charge in [0.2, 0.25) is 0 Å². The molecule has 1 fully saturated rings. The normalized spacial score (nSPS) is 18.7. The minimum Gasteiger partial charge on any atom is -0.314 e. The summed E-state index contributed by atoms with van der Waals surface area (Å²) in [5.41, 5.74) is 0. The van der Waals surface area contributed by atoms with Gasteiger partial charge in [0.15, 0.2) is 0 Å². The van der Waals surface area contributed by atoms with Crippen LogP contribution in [-0.4, -0.2) is 14.8 Å². The molecule has 3 heteroatoms. The molecule has 0 aromatic carbocycles.